The summed E-state index contributed by atoms with van der Waals surface area (Å²) in [5.41, 5.74) is 2.75. The van der Waals surface area contributed by atoms with Crippen molar-refractivity contribution < 1.29 is 0 Å². The van der Waals surface area contributed by atoms with E-state index in [-0.39, 0.29) is 11.1 Å². The number of benzene rings is 2. The third-order valence-corrected chi connectivity index (χ3v) is 5.92. The van der Waals surface area contributed by atoms with Crippen LogP contribution in [0.15, 0.2) is 68.7 Å². The van der Waals surface area contributed by atoms with E-state index in [4.69, 9.17) is 0 Å². The van der Waals surface area contributed by atoms with E-state index < -0.39 is 0 Å². The normalized spacial score (nSPS) is 12.0. The maximum Gasteiger partial charge on any atom is 0.277 e. The summed E-state index contributed by atoms with van der Waals surface area (Å²) in [7, 11) is 0. The zero-order valence-electron chi connectivity index (χ0n) is 14.5. The van der Waals surface area contributed by atoms with Crippen LogP contribution in [0.3, 0.4) is 0 Å². The quantitative estimate of drug-likeness (QED) is 0.492. The van der Waals surface area contributed by atoms with Gasteiger partial charge in [0.25, 0.3) is 11.1 Å². The molecule has 6 heteroatoms. The molecule has 0 aliphatic heterocycles. The molecule has 0 amide bonds. The molecule has 0 atom stereocenters. The number of halogens is 1. The second-order valence-corrected chi connectivity index (χ2v) is 8.15. The van der Waals surface area contributed by atoms with Crippen molar-refractivity contribution in [3.63, 3.8) is 0 Å². The van der Waals surface area contributed by atoms with Crippen LogP contribution in [0.2, 0.25) is 0 Å². The molecule has 2 heterocycles. The lowest BCUT2D eigenvalue weighted by atomic mass is 10.1. The molecule has 4 nitrogen and oxygen atoms in total. The fraction of sp³-hybridized carbons (Fsp3) is 0.0952. The molecular formula is C21H15BrN2O2S. The van der Waals surface area contributed by atoms with Crippen LogP contribution in [0.25, 0.3) is 11.0 Å². The molecule has 2 aromatic carbocycles. The summed E-state index contributed by atoms with van der Waals surface area (Å²) in [6.45, 7) is 1.81. The number of aryl methyl sites for hydroxylation is 1. The van der Waals surface area contributed by atoms with Crippen LogP contribution in [-0.4, -0.2) is 9.38 Å². The Labute approximate surface area is 167 Å². The number of hydrogen-bond acceptors (Lipinski definition) is 4. The van der Waals surface area contributed by atoms with E-state index in [1.807, 2.05) is 67.6 Å². The lowest BCUT2D eigenvalue weighted by molar-refractivity contribution is 0.940. The number of rotatable bonds is 3. The van der Waals surface area contributed by atoms with E-state index in [1.165, 1.54) is 11.3 Å². The molecule has 0 fully saturated rings. The fourth-order valence-corrected chi connectivity index (χ4v) is 4.28. The summed E-state index contributed by atoms with van der Waals surface area (Å²) in [6, 6.07) is 17.4. The second-order valence-electron chi connectivity index (χ2n) is 6.23. The lowest BCUT2D eigenvalue weighted by Crippen LogP contribution is -2.27. The van der Waals surface area contributed by atoms with Crippen LogP contribution in [0.1, 0.15) is 22.4 Å². The van der Waals surface area contributed by atoms with E-state index in [9.17, 15) is 9.59 Å². The van der Waals surface area contributed by atoms with Gasteiger partial charge in [0.1, 0.15) is 0 Å². The van der Waals surface area contributed by atoms with Gasteiger partial charge in [0, 0.05) is 22.2 Å². The van der Waals surface area contributed by atoms with E-state index in [2.05, 4.69) is 20.9 Å². The number of nitrogens with zero attached hydrogens (tertiary/aromatic N) is 2. The minimum atomic E-state index is -0.271. The summed E-state index contributed by atoms with van der Waals surface area (Å²) in [5, 5.41) is 0. The maximum absolute atomic E-state index is 12.9. The van der Waals surface area contributed by atoms with Gasteiger partial charge < -0.3 is 0 Å². The summed E-state index contributed by atoms with van der Waals surface area (Å²) >= 11 is 4.64. The number of fused-ring (bicyclic) bond motifs is 1. The number of aromatic nitrogens is 2. The van der Waals surface area contributed by atoms with Crippen LogP contribution < -0.4 is 15.7 Å². The Kier molecular flexibility index (Phi) is 4.76. The van der Waals surface area contributed by atoms with Crippen molar-refractivity contribution in [3.05, 3.63) is 107 Å². The SMILES string of the molecule is Cc1c(Cc2ccccc2)c(=O)nc2sc(=Cc3ccc(Br)cc3)c(=O)n12. The Morgan fingerprint density at radius 3 is 2.48 bits per heavy atom. The van der Waals surface area contributed by atoms with Gasteiger partial charge in [-0.2, -0.15) is 4.98 Å². The van der Waals surface area contributed by atoms with Crippen molar-refractivity contribution in [3.8, 4) is 0 Å². The van der Waals surface area contributed by atoms with Gasteiger partial charge in [0.15, 0.2) is 0 Å². The van der Waals surface area contributed by atoms with Gasteiger partial charge in [0.2, 0.25) is 4.96 Å². The molecule has 0 aliphatic carbocycles. The maximum atomic E-state index is 12.9. The molecule has 27 heavy (non-hydrogen) atoms. The molecular weight excluding hydrogens is 424 g/mol. The first-order valence-corrected chi connectivity index (χ1v) is 10.00. The second kappa shape index (κ2) is 7.21. The topological polar surface area (TPSA) is 51.4 Å². The minimum absolute atomic E-state index is 0.141. The summed E-state index contributed by atoms with van der Waals surface area (Å²) in [5.74, 6) is 0. The average molecular weight is 439 g/mol. The summed E-state index contributed by atoms with van der Waals surface area (Å²) < 4.78 is 3.09. The van der Waals surface area contributed by atoms with Gasteiger partial charge in [-0.15, -0.1) is 0 Å². The van der Waals surface area contributed by atoms with Crippen molar-refractivity contribution in [2.75, 3.05) is 0 Å². The lowest BCUT2D eigenvalue weighted by Gasteiger charge is -2.06. The van der Waals surface area contributed by atoms with Crippen molar-refractivity contribution in [1.82, 2.24) is 9.38 Å². The van der Waals surface area contributed by atoms with E-state index in [0.717, 1.165) is 15.6 Å². The van der Waals surface area contributed by atoms with Crippen LogP contribution in [0.4, 0.5) is 0 Å². The molecule has 0 spiro atoms. The Morgan fingerprint density at radius 1 is 1.07 bits per heavy atom. The van der Waals surface area contributed by atoms with Crippen LogP contribution in [0.5, 0.6) is 0 Å². The van der Waals surface area contributed by atoms with Crippen LogP contribution in [0, 0.1) is 6.92 Å². The Morgan fingerprint density at radius 2 is 1.78 bits per heavy atom. The van der Waals surface area contributed by atoms with E-state index in [0.29, 0.717) is 27.2 Å². The van der Waals surface area contributed by atoms with E-state index in [1.54, 1.807) is 4.40 Å². The third kappa shape index (κ3) is 3.50. The van der Waals surface area contributed by atoms with Crippen molar-refractivity contribution in [2.24, 2.45) is 0 Å². The minimum Gasteiger partial charge on any atom is -0.267 e. The molecule has 0 radical (unpaired) electrons. The molecule has 0 unspecified atom stereocenters. The molecule has 0 bridgehead atoms. The Balaban J connectivity index is 1.88. The summed E-state index contributed by atoms with van der Waals surface area (Å²) in [6.07, 6.45) is 2.29. The average Bonchev–Trinajstić information content (AvgIpc) is 2.97. The highest BCUT2D eigenvalue weighted by molar-refractivity contribution is 9.10. The van der Waals surface area contributed by atoms with Crippen molar-refractivity contribution in [1.29, 1.82) is 0 Å². The predicted molar refractivity (Wildman–Crippen MR) is 113 cm³/mol. The van der Waals surface area contributed by atoms with Crippen molar-refractivity contribution >= 4 is 38.3 Å². The monoisotopic (exact) mass is 438 g/mol. The molecule has 0 N–H and O–H groups in total. The molecule has 4 aromatic rings. The highest BCUT2D eigenvalue weighted by Crippen LogP contribution is 2.13. The van der Waals surface area contributed by atoms with E-state index >= 15 is 0 Å². The van der Waals surface area contributed by atoms with Gasteiger partial charge in [-0.1, -0.05) is 69.7 Å². The standard InChI is InChI=1S/C21H15BrN2O2S/c1-13-17(11-14-5-3-2-4-6-14)19(25)23-21-24(13)20(26)18(27-21)12-15-7-9-16(22)10-8-15/h2-10,12H,11H2,1H3. The highest BCUT2D eigenvalue weighted by Gasteiger charge is 2.14. The van der Waals surface area contributed by atoms with Gasteiger partial charge in [0.05, 0.1) is 4.53 Å². The van der Waals surface area contributed by atoms with Crippen LogP contribution in [-0.2, 0) is 6.42 Å². The third-order valence-electron chi connectivity index (χ3n) is 4.43. The Hall–Kier alpha value is -2.57. The van der Waals surface area contributed by atoms with Gasteiger partial charge in [-0.3, -0.25) is 14.0 Å². The van der Waals surface area contributed by atoms with Crippen molar-refractivity contribution in [2.45, 2.75) is 13.3 Å². The number of hydrogen-bond donors (Lipinski definition) is 0. The molecule has 0 saturated heterocycles. The first kappa shape index (κ1) is 17.8. The first-order valence-electron chi connectivity index (χ1n) is 8.39. The molecule has 2 aromatic heterocycles. The molecule has 134 valence electrons. The predicted octanol–water partition coefficient (Wildman–Crippen LogP) is 3.33. The Bertz CT molecular complexity index is 1290. The van der Waals surface area contributed by atoms with Crippen LogP contribution >= 0.6 is 27.3 Å². The summed E-state index contributed by atoms with van der Waals surface area (Å²) in [4.78, 5) is 30.1. The van der Waals surface area contributed by atoms with Gasteiger partial charge in [-0.05, 0) is 36.3 Å². The fourth-order valence-electron chi connectivity index (χ4n) is 3.00. The molecule has 4 rings (SSSR count). The van der Waals surface area contributed by atoms with Gasteiger partial charge in [-0.25, -0.2) is 0 Å². The molecule has 0 aliphatic rings. The zero-order valence-corrected chi connectivity index (χ0v) is 16.9. The zero-order chi connectivity index (χ0) is 19.0. The number of thiazole rings is 1. The highest BCUT2D eigenvalue weighted by atomic mass is 79.9. The van der Waals surface area contributed by atoms with Gasteiger partial charge >= 0.3 is 0 Å². The largest absolute Gasteiger partial charge is 0.277 e. The first-order chi connectivity index (χ1) is 13.0. The molecule has 0 saturated carbocycles. The smallest absolute Gasteiger partial charge is 0.267 e.